The summed E-state index contributed by atoms with van der Waals surface area (Å²) in [4.78, 5) is 7.31. The van der Waals surface area contributed by atoms with Crippen LogP contribution in [-0.4, -0.2) is 9.97 Å². The van der Waals surface area contributed by atoms with Crippen LogP contribution in [0.15, 0.2) is 36.8 Å². The predicted octanol–water partition coefficient (Wildman–Crippen LogP) is 3.32. The number of fused-ring (bicyclic) bond motifs is 1. The van der Waals surface area contributed by atoms with E-state index in [-0.39, 0.29) is 0 Å². The van der Waals surface area contributed by atoms with Crippen molar-refractivity contribution in [3.8, 4) is 0 Å². The van der Waals surface area contributed by atoms with E-state index in [1.54, 1.807) is 11.9 Å². The number of benzene rings is 1. The van der Waals surface area contributed by atoms with E-state index < -0.39 is 0 Å². The Labute approximate surface area is 102 Å². The van der Waals surface area contributed by atoms with Crippen LogP contribution in [0.3, 0.4) is 0 Å². The first-order chi connectivity index (χ1) is 8.33. The van der Waals surface area contributed by atoms with Crippen molar-refractivity contribution >= 4 is 0 Å². The molecule has 0 radical (unpaired) electrons. The van der Waals surface area contributed by atoms with Crippen molar-refractivity contribution < 1.29 is 0 Å². The molecular formula is C15H18N2. The van der Waals surface area contributed by atoms with E-state index in [4.69, 9.17) is 0 Å². The zero-order chi connectivity index (χ0) is 11.7. The van der Waals surface area contributed by atoms with Crippen LogP contribution in [0.5, 0.6) is 0 Å². The number of imidazole rings is 1. The third-order valence-corrected chi connectivity index (χ3v) is 3.84. The first-order valence-electron chi connectivity index (χ1n) is 6.38. The lowest BCUT2D eigenvalue weighted by Crippen LogP contribution is -2.19. The fourth-order valence-corrected chi connectivity index (χ4v) is 3.08. The van der Waals surface area contributed by atoms with Gasteiger partial charge in [0.05, 0.1) is 6.33 Å². The Morgan fingerprint density at radius 1 is 1.35 bits per heavy atom. The highest BCUT2D eigenvalue weighted by Crippen LogP contribution is 2.35. The quantitative estimate of drug-likeness (QED) is 0.836. The van der Waals surface area contributed by atoms with E-state index >= 15 is 0 Å². The maximum atomic E-state index is 4.10. The molecule has 3 rings (SSSR count). The Morgan fingerprint density at radius 3 is 3.06 bits per heavy atom. The molecule has 0 saturated heterocycles. The van der Waals surface area contributed by atoms with Crippen molar-refractivity contribution in [2.24, 2.45) is 5.92 Å². The Bertz CT molecular complexity index is 487. The molecule has 17 heavy (non-hydrogen) atoms. The van der Waals surface area contributed by atoms with Gasteiger partial charge in [0.2, 0.25) is 0 Å². The lowest BCUT2D eigenvalue weighted by molar-refractivity contribution is 0.411. The summed E-state index contributed by atoms with van der Waals surface area (Å²) in [6.07, 6.45) is 7.34. The molecule has 88 valence electrons. The fraction of sp³-hybridized carbons (Fsp3) is 0.400. The summed E-state index contributed by atoms with van der Waals surface area (Å²) in [6, 6.07) is 8.88. The smallest absolute Gasteiger partial charge is 0.0921 e. The van der Waals surface area contributed by atoms with Crippen LogP contribution in [0.2, 0.25) is 0 Å². The summed E-state index contributed by atoms with van der Waals surface area (Å²) in [5.41, 5.74) is 4.35. The van der Waals surface area contributed by atoms with Gasteiger partial charge < -0.3 is 4.98 Å². The molecule has 0 fully saturated rings. The SMILES string of the molecule is CC1CC(Cc2cnc[nH]2)Cc2ccccc21. The highest BCUT2D eigenvalue weighted by atomic mass is 14.9. The van der Waals surface area contributed by atoms with Crippen molar-refractivity contribution in [2.45, 2.75) is 32.1 Å². The molecule has 1 N–H and O–H groups in total. The number of hydrogen-bond donors (Lipinski definition) is 1. The summed E-state index contributed by atoms with van der Waals surface area (Å²) < 4.78 is 0. The van der Waals surface area contributed by atoms with Crippen LogP contribution < -0.4 is 0 Å². The molecule has 1 heterocycles. The third-order valence-electron chi connectivity index (χ3n) is 3.84. The summed E-state index contributed by atoms with van der Waals surface area (Å²) in [5.74, 6) is 1.44. The van der Waals surface area contributed by atoms with E-state index in [9.17, 15) is 0 Å². The van der Waals surface area contributed by atoms with Crippen LogP contribution in [-0.2, 0) is 12.8 Å². The number of aromatic amines is 1. The van der Waals surface area contributed by atoms with Crippen molar-refractivity contribution in [2.75, 3.05) is 0 Å². The molecule has 2 aromatic rings. The van der Waals surface area contributed by atoms with Crippen LogP contribution in [0.25, 0.3) is 0 Å². The molecule has 1 aromatic carbocycles. The Balaban J connectivity index is 1.79. The van der Waals surface area contributed by atoms with Gasteiger partial charge >= 0.3 is 0 Å². The summed E-state index contributed by atoms with van der Waals surface area (Å²) >= 11 is 0. The molecule has 2 atom stereocenters. The molecular weight excluding hydrogens is 208 g/mol. The number of rotatable bonds is 2. The molecule has 1 aliphatic carbocycles. The summed E-state index contributed by atoms with van der Waals surface area (Å²) in [7, 11) is 0. The Hall–Kier alpha value is -1.57. The standard InChI is InChI=1S/C15H18N2/c1-11-6-12(8-14-9-16-10-17-14)7-13-4-2-3-5-15(11)13/h2-5,9-12H,6-8H2,1H3,(H,16,17). The molecule has 1 aliphatic rings. The number of nitrogens with zero attached hydrogens (tertiary/aromatic N) is 1. The van der Waals surface area contributed by atoms with Crippen molar-refractivity contribution in [1.82, 2.24) is 9.97 Å². The van der Waals surface area contributed by atoms with Crippen molar-refractivity contribution in [1.29, 1.82) is 0 Å². The van der Waals surface area contributed by atoms with Gasteiger partial charge in [-0.15, -0.1) is 0 Å². The van der Waals surface area contributed by atoms with Gasteiger partial charge in [-0.25, -0.2) is 4.98 Å². The van der Waals surface area contributed by atoms with Gasteiger partial charge in [-0.2, -0.15) is 0 Å². The van der Waals surface area contributed by atoms with Crippen LogP contribution in [0.1, 0.15) is 36.1 Å². The number of H-pyrrole nitrogens is 1. The summed E-state index contributed by atoms with van der Waals surface area (Å²) in [6.45, 7) is 2.35. The van der Waals surface area contributed by atoms with Gasteiger partial charge in [0.15, 0.2) is 0 Å². The average molecular weight is 226 g/mol. The van der Waals surface area contributed by atoms with E-state index in [2.05, 4.69) is 41.2 Å². The van der Waals surface area contributed by atoms with Gasteiger partial charge in [0, 0.05) is 11.9 Å². The second-order valence-electron chi connectivity index (χ2n) is 5.19. The molecule has 2 unspecified atom stereocenters. The highest BCUT2D eigenvalue weighted by Gasteiger charge is 2.23. The van der Waals surface area contributed by atoms with Gasteiger partial charge in [-0.3, -0.25) is 0 Å². The number of hydrogen-bond acceptors (Lipinski definition) is 1. The Morgan fingerprint density at radius 2 is 2.24 bits per heavy atom. The first-order valence-corrected chi connectivity index (χ1v) is 6.38. The number of aromatic nitrogens is 2. The Kier molecular flexibility index (Phi) is 2.71. The lowest BCUT2D eigenvalue weighted by Gasteiger charge is -2.29. The van der Waals surface area contributed by atoms with Crippen molar-refractivity contribution in [3.63, 3.8) is 0 Å². The molecule has 0 aliphatic heterocycles. The van der Waals surface area contributed by atoms with Crippen LogP contribution >= 0.6 is 0 Å². The molecule has 2 heteroatoms. The molecule has 2 nitrogen and oxygen atoms in total. The minimum absolute atomic E-state index is 0.688. The van der Waals surface area contributed by atoms with Gasteiger partial charge in [-0.05, 0) is 42.2 Å². The zero-order valence-corrected chi connectivity index (χ0v) is 10.2. The monoisotopic (exact) mass is 226 g/mol. The summed E-state index contributed by atoms with van der Waals surface area (Å²) in [5, 5.41) is 0. The topological polar surface area (TPSA) is 28.7 Å². The second-order valence-corrected chi connectivity index (χ2v) is 5.19. The van der Waals surface area contributed by atoms with Gasteiger partial charge in [-0.1, -0.05) is 31.2 Å². The van der Waals surface area contributed by atoms with Gasteiger partial charge in [0.25, 0.3) is 0 Å². The fourth-order valence-electron chi connectivity index (χ4n) is 3.08. The van der Waals surface area contributed by atoms with Crippen LogP contribution in [0.4, 0.5) is 0 Å². The molecule has 1 aromatic heterocycles. The minimum Gasteiger partial charge on any atom is -0.348 e. The predicted molar refractivity (Wildman–Crippen MR) is 69.0 cm³/mol. The molecule has 0 bridgehead atoms. The molecule has 0 saturated carbocycles. The maximum Gasteiger partial charge on any atom is 0.0921 e. The lowest BCUT2D eigenvalue weighted by atomic mass is 9.76. The van der Waals surface area contributed by atoms with E-state index in [1.165, 1.54) is 24.1 Å². The first kappa shape index (κ1) is 10.6. The average Bonchev–Trinajstić information content (AvgIpc) is 2.82. The number of nitrogens with one attached hydrogen (secondary N) is 1. The largest absolute Gasteiger partial charge is 0.348 e. The zero-order valence-electron chi connectivity index (χ0n) is 10.2. The normalized spacial score (nSPS) is 23.4. The minimum atomic E-state index is 0.688. The van der Waals surface area contributed by atoms with Crippen LogP contribution in [0, 0.1) is 5.92 Å². The third kappa shape index (κ3) is 2.12. The molecule has 0 spiro atoms. The van der Waals surface area contributed by atoms with E-state index in [0.29, 0.717) is 5.92 Å². The highest BCUT2D eigenvalue weighted by molar-refractivity contribution is 5.32. The molecule has 0 amide bonds. The van der Waals surface area contributed by atoms with Crippen molar-refractivity contribution in [3.05, 3.63) is 53.6 Å². The maximum absolute atomic E-state index is 4.10. The van der Waals surface area contributed by atoms with E-state index in [1.807, 2.05) is 6.20 Å². The van der Waals surface area contributed by atoms with Gasteiger partial charge in [0.1, 0.15) is 0 Å². The second kappa shape index (κ2) is 4.36. The van der Waals surface area contributed by atoms with E-state index in [0.717, 1.165) is 12.3 Å².